The number of H-pyrrole nitrogens is 1. The molecule has 2 rings (SSSR count). The number of carbonyl (C=O) groups excluding carboxylic acids is 1. The lowest BCUT2D eigenvalue weighted by atomic mass is 10.1. The molecule has 0 unspecified atom stereocenters. The molecule has 0 amide bonds. The number of ether oxygens (including phenoxy) is 1. The Hall–Kier alpha value is -1.88. The van der Waals surface area contributed by atoms with E-state index in [4.69, 9.17) is 10.5 Å². The number of hydrogen-bond donors (Lipinski definition) is 2. The van der Waals surface area contributed by atoms with Crippen LogP contribution < -0.4 is 5.73 Å². The summed E-state index contributed by atoms with van der Waals surface area (Å²) in [5, 5.41) is 0.621. The normalized spacial score (nSPS) is 10.8. The second-order valence-electron chi connectivity index (χ2n) is 3.59. The molecular formula is C12H13FN2O2. The molecule has 1 aromatic heterocycles. The Kier molecular flexibility index (Phi) is 3.10. The quantitative estimate of drug-likeness (QED) is 0.800. The van der Waals surface area contributed by atoms with Crippen molar-refractivity contribution in [2.75, 3.05) is 6.61 Å². The van der Waals surface area contributed by atoms with E-state index in [1.807, 2.05) is 0 Å². The molecule has 0 aliphatic rings. The summed E-state index contributed by atoms with van der Waals surface area (Å²) in [6.45, 7) is 2.16. The molecule has 0 saturated heterocycles. The van der Waals surface area contributed by atoms with E-state index in [9.17, 15) is 9.18 Å². The van der Waals surface area contributed by atoms with Crippen LogP contribution in [0.3, 0.4) is 0 Å². The molecule has 0 aliphatic heterocycles. The van der Waals surface area contributed by atoms with E-state index in [1.165, 1.54) is 12.1 Å². The summed E-state index contributed by atoms with van der Waals surface area (Å²) >= 11 is 0. The SMILES string of the molecule is CCOC(=O)c1[nH]c2ccc(F)cc2c1CN. The maximum atomic E-state index is 13.1. The first-order valence-corrected chi connectivity index (χ1v) is 5.34. The van der Waals surface area contributed by atoms with Gasteiger partial charge in [-0.15, -0.1) is 0 Å². The fourth-order valence-electron chi connectivity index (χ4n) is 1.81. The number of nitrogens with two attached hydrogens (primary N) is 1. The Morgan fingerprint density at radius 2 is 2.29 bits per heavy atom. The molecule has 3 N–H and O–H groups in total. The topological polar surface area (TPSA) is 68.1 Å². The minimum Gasteiger partial charge on any atom is -0.461 e. The average molecular weight is 236 g/mol. The molecule has 0 radical (unpaired) electrons. The summed E-state index contributed by atoms with van der Waals surface area (Å²) in [6, 6.07) is 4.26. The van der Waals surface area contributed by atoms with E-state index in [2.05, 4.69) is 4.98 Å². The van der Waals surface area contributed by atoms with Crippen LogP contribution in [0, 0.1) is 5.82 Å². The molecule has 2 aromatic rings. The Morgan fingerprint density at radius 1 is 1.53 bits per heavy atom. The predicted molar refractivity (Wildman–Crippen MR) is 62.1 cm³/mol. The Labute approximate surface area is 97.6 Å². The van der Waals surface area contributed by atoms with Gasteiger partial charge in [-0.2, -0.15) is 0 Å². The molecule has 90 valence electrons. The molecular weight excluding hydrogens is 223 g/mol. The maximum absolute atomic E-state index is 13.1. The molecule has 4 nitrogen and oxygen atoms in total. The van der Waals surface area contributed by atoms with Crippen molar-refractivity contribution in [1.82, 2.24) is 4.98 Å². The largest absolute Gasteiger partial charge is 0.461 e. The molecule has 17 heavy (non-hydrogen) atoms. The van der Waals surface area contributed by atoms with Gasteiger partial charge in [0.15, 0.2) is 0 Å². The van der Waals surface area contributed by atoms with E-state index >= 15 is 0 Å². The van der Waals surface area contributed by atoms with E-state index in [-0.39, 0.29) is 19.0 Å². The molecule has 0 spiro atoms. The molecule has 0 fully saturated rings. The smallest absolute Gasteiger partial charge is 0.355 e. The Bertz CT molecular complexity index is 563. The highest BCUT2D eigenvalue weighted by Crippen LogP contribution is 2.23. The highest BCUT2D eigenvalue weighted by atomic mass is 19.1. The van der Waals surface area contributed by atoms with Gasteiger partial charge in [0, 0.05) is 23.0 Å². The molecule has 0 saturated carbocycles. The highest BCUT2D eigenvalue weighted by Gasteiger charge is 2.17. The van der Waals surface area contributed by atoms with E-state index in [0.717, 1.165) is 0 Å². The third-order valence-corrected chi connectivity index (χ3v) is 2.55. The first-order valence-electron chi connectivity index (χ1n) is 5.34. The van der Waals surface area contributed by atoms with Crippen molar-refractivity contribution < 1.29 is 13.9 Å². The Balaban J connectivity index is 2.60. The lowest BCUT2D eigenvalue weighted by molar-refractivity contribution is 0.0519. The number of benzene rings is 1. The average Bonchev–Trinajstić information content (AvgIpc) is 2.67. The second-order valence-corrected chi connectivity index (χ2v) is 3.59. The van der Waals surface area contributed by atoms with Gasteiger partial charge in [-0.1, -0.05) is 0 Å². The summed E-state index contributed by atoms with van der Waals surface area (Å²) in [5.41, 5.74) is 7.15. The zero-order chi connectivity index (χ0) is 12.4. The van der Waals surface area contributed by atoms with Gasteiger partial charge < -0.3 is 15.5 Å². The number of hydrogen-bond acceptors (Lipinski definition) is 3. The minimum absolute atomic E-state index is 0.150. The molecule has 0 bridgehead atoms. The van der Waals surface area contributed by atoms with Crippen molar-refractivity contribution in [3.8, 4) is 0 Å². The number of carbonyl (C=O) groups is 1. The van der Waals surface area contributed by atoms with Crippen molar-refractivity contribution in [1.29, 1.82) is 0 Å². The third kappa shape index (κ3) is 2.01. The monoisotopic (exact) mass is 236 g/mol. The first-order chi connectivity index (χ1) is 8.17. The van der Waals surface area contributed by atoms with Crippen LogP contribution in [-0.4, -0.2) is 17.6 Å². The van der Waals surface area contributed by atoms with Crippen LogP contribution in [0.25, 0.3) is 10.9 Å². The zero-order valence-electron chi connectivity index (χ0n) is 9.42. The van der Waals surface area contributed by atoms with E-state index < -0.39 is 5.97 Å². The number of halogens is 1. The van der Waals surface area contributed by atoms with Gasteiger partial charge >= 0.3 is 5.97 Å². The summed E-state index contributed by atoms with van der Waals surface area (Å²) < 4.78 is 18.1. The summed E-state index contributed by atoms with van der Waals surface area (Å²) in [5.74, 6) is -0.828. The van der Waals surface area contributed by atoms with Crippen LogP contribution in [0.2, 0.25) is 0 Å². The minimum atomic E-state index is -0.468. The highest BCUT2D eigenvalue weighted by molar-refractivity contribution is 5.98. The number of esters is 1. The number of aromatic nitrogens is 1. The number of rotatable bonds is 3. The van der Waals surface area contributed by atoms with E-state index in [0.29, 0.717) is 22.2 Å². The maximum Gasteiger partial charge on any atom is 0.355 e. The van der Waals surface area contributed by atoms with Gasteiger partial charge in [-0.25, -0.2) is 9.18 Å². The van der Waals surface area contributed by atoms with Crippen molar-refractivity contribution in [2.24, 2.45) is 5.73 Å². The molecule has 5 heteroatoms. The number of nitrogens with one attached hydrogen (secondary N) is 1. The van der Waals surface area contributed by atoms with Gasteiger partial charge in [-0.05, 0) is 25.1 Å². The summed E-state index contributed by atoms with van der Waals surface area (Å²) in [7, 11) is 0. The second kappa shape index (κ2) is 4.55. The number of fused-ring (bicyclic) bond motifs is 1. The fourth-order valence-corrected chi connectivity index (χ4v) is 1.81. The Morgan fingerprint density at radius 3 is 2.94 bits per heavy atom. The van der Waals surface area contributed by atoms with Gasteiger partial charge in [0.1, 0.15) is 11.5 Å². The van der Waals surface area contributed by atoms with Crippen molar-refractivity contribution in [2.45, 2.75) is 13.5 Å². The van der Waals surface area contributed by atoms with E-state index in [1.54, 1.807) is 13.0 Å². The summed E-state index contributed by atoms with van der Waals surface area (Å²) in [6.07, 6.45) is 0. The lowest BCUT2D eigenvalue weighted by Gasteiger charge is -2.01. The van der Waals surface area contributed by atoms with Gasteiger partial charge in [0.25, 0.3) is 0 Å². The van der Waals surface area contributed by atoms with Crippen LogP contribution in [-0.2, 0) is 11.3 Å². The molecule has 1 heterocycles. The molecule has 0 atom stereocenters. The van der Waals surface area contributed by atoms with Crippen LogP contribution >= 0.6 is 0 Å². The third-order valence-electron chi connectivity index (χ3n) is 2.55. The van der Waals surface area contributed by atoms with Gasteiger partial charge in [-0.3, -0.25) is 0 Å². The van der Waals surface area contributed by atoms with Crippen LogP contribution in [0.1, 0.15) is 23.0 Å². The zero-order valence-corrected chi connectivity index (χ0v) is 9.42. The fraction of sp³-hybridized carbons (Fsp3) is 0.250. The standard InChI is InChI=1S/C12H13FN2O2/c1-2-17-12(16)11-9(6-14)8-5-7(13)3-4-10(8)15-11/h3-5,15H,2,6,14H2,1H3. The van der Waals surface area contributed by atoms with Crippen LogP contribution in [0.5, 0.6) is 0 Å². The van der Waals surface area contributed by atoms with Crippen molar-refractivity contribution in [3.05, 3.63) is 35.3 Å². The van der Waals surface area contributed by atoms with Gasteiger partial charge in [0.2, 0.25) is 0 Å². The summed E-state index contributed by atoms with van der Waals surface area (Å²) in [4.78, 5) is 14.6. The molecule has 0 aliphatic carbocycles. The van der Waals surface area contributed by atoms with Gasteiger partial charge in [0.05, 0.1) is 6.61 Å². The lowest BCUT2D eigenvalue weighted by Crippen LogP contribution is -2.10. The molecule has 1 aromatic carbocycles. The number of aromatic amines is 1. The predicted octanol–water partition coefficient (Wildman–Crippen LogP) is 1.94. The van der Waals surface area contributed by atoms with Crippen molar-refractivity contribution >= 4 is 16.9 Å². The van der Waals surface area contributed by atoms with Crippen molar-refractivity contribution in [3.63, 3.8) is 0 Å². The van der Waals surface area contributed by atoms with Crippen LogP contribution in [0.4, 0.5) is 4.39 Å². The first kappa shape index (κ1) is 11.6. The van der Waals surface area contributed by atoms with Crippen LogP contribution in [0.15, 0.2) is 18.2 Å².